The number of nitrogens with one attached hydrogen (secondary N) is 1. The molecule has 2 aromatic rings. The van der Waals surface area contributed by atoms with Crippen molar-refractivity contribution in [1.29, 1.82) is 0 Å². The molecule has 0 unspecified atom stereocenters. The van der Waals surface area contributed by atoms with Gasteiger partial charge in [-0.1, -0.05) is 36.8 Å². The van der Waals surface area contributed by atoms with E-state index in [-0.39, 0.29) is 0 Å². The summed E-state index contributed by atoms with van der Waals surface area (Å²) in [6.07, 6.45) is 0. The molecule has 1 heterocycles. The lowest BCUT2D eigenvalue weighted by Gasteiger charge is -2.15. The summed E-state index contributed by atoms with van der Waals surface area (Å²) in [4.78, 5) is 8.23. The Morgan fingerprint density at radius 2 is 1.90 bits per heavy atom. The molecule has 4 heteroatoms. The van der Waals surface area contributed by atoms with E-state index in [1.807, 2.05) is 0 Å². The summed E-state index contributed by atoms with van der Waals surface area (Å²) < 4.78 is 0. The highest BCUT2D eigenvalue weighted by Crippen LogP contribution is 2.26. The van der Waals surface area contributed by atoms with Gasteiger partial charge in [-0.15, -0.1) is 11.3 Å². The van der Waals surface area contributed by atoms with Gasteiger partial charge in [0.2, 0.25) is 0 Å². The van der Waals surface area contributed by atoms with E-state index in [2.05, 4.69) is 67.3 Å². The highest BCUT2D eigenvalue weighted by molar-refractivity contribution is 7.15. The van der Waals surface area contributed by atoms with Crippen LogP contribution in [0, 0.1) is 13.8 Å². The van der Waals surface area contributed by atoms with E-state index in [0.717, 1.165) is 30.5 Å². The molecule has 0 saturated heterocycles. The molecular weight excluding hydrogens is 266 g/mol. The predicted molar refractivity (Wildman–Crippen MR) is 87.5 cm³/mol. The van der Waals surface area contributed by atoms with E-state index in [1.54, 1.807) is 11.3 Å². The molecule has 0 aliphatic carbocycles. The number of aromatic nitrogens is 1. The first-order chi connectivity index (χ1) is 9.60. The first kappa shape index (κ1) is 15.0. The number of hydrogen-bond donors (Lipinski definition) is 1. The van der Waals surface area contributed by atoms with Gasteiger partial charge in [0.25, 0.3) is 0 Å². The van der Waals surface area contributed by atoms with Crippen LogP contribution in [0.4, 0.5) is 5.13 Å². The average Bonchev–Trinajstić information content (AvgIpc) is 2.80. The molecule has 1 N–H and O–H groups in total. The lowest BCUT2D eigenvalue weighted by atomic mass is 10.1. The highest BCUT2D eigenvalue weighted by atomic mass is 32.1. The van der Waals surface area contributed by atoms with Crippen molar-refractivity contribution in [3.63, 3.8) is 0 Å². The maximum absolute atomic E-state index is 4.68. The standard InChI is InChI=1S/C16H23N3S/c1-5-17-10-15-13(3)18-16(20-15)19(4)11-14-8-6-12(2)7-9-14/h6-9,17H,5,10-11H2,1-4H3. The van der Waals surface area contributed by atoms with Crippen LogP contribution in [0.2, 0.25) is 0 Å². The zero-order chi connectivity index (χ0) is 14.5. The molecule has 0 amide bonds. The van der Waals surface area contributed by atoms with Gasteiger partial charge in [-0.25, -0.2) is 4.98 Å². The molecule has 3 nitrogen and oxygen atoms in total. The van der Waals surface area contributed by atoms with Crippen molar-refractivity contribution in [2.24, 2.45) is 0 Å². The number of anilines is 1. The molecule has 0 fully saturated rings. The van der Waals surface area contributed by atoms with E-state index in [1.165, 1.54) is 16.0 Å². The molecule has 0 saturated carbocycles. The van der Waals surface area contributed by atoms with Gasteiger partial charge < -0.3 is 10.2 Å². The van der Waals surface area contributed by atoms with Crippen LogP contribution in [0.5, 0.6) is 0 Å². The van der Waals surface area contributed by atoms with Crippen molar-refractivity contribution in [1.82, 2.24) is 10.3 Å². The summed E-state index contributed by atoms with van der Waals surface area (Å²) in [6, 6.07) is 8.69. The average molecular weight is 289 g/mol. The van der Waals surface area contributed by atoms with Crippen LogP contribution in [0.25, 0.3) is 0 Å². The molecule has 0 radical (unpaired) electrons. The second kappa shape index (κ2) is 6.86. The summed E-state index contributed by atoms with van der Waals surface area (Å²) in [5.74, 6) is 0. The number of benzene rings is 1. The van der Waals surface area contributed by atoms with Crippen molar-refractivity contribution in [3.05, 3.63) is 46.0 Å². The second-order valence-electron chi connectivity index (χ2n) is 5.13. The molecule has 1 aromatic heterocycles. The minimum Gasteiger partial charge on any atom is -0.347 e. The Balaban J connectivity index is 2.05. The van der Waals surface area contributed by atoms with Crippen LogP contribution in [0.1, 0.15) is 28.6 Å². The summed E-state index contributed by atoms with van der Waals surface area (Å²) >= 11 is 1.78. The van der Waals surface area contributed by atoms with Crippen LogP contribution in [0.3, 0.4) is 0 Å². The minimum atomic E-state index is 0.897. The molecule has 1 aromatic carbocycles. The topological polar surface area (TPSA) is 28.2 Å². The van der Waals surface area contributed by atoms with E-state index < -0.39 is 0 Å². The quantitative estimate of drug-likeness (QED) is 0.882. The molecule has 0 spiro atoms. The van der Waals surface area contributed by atoms with Crippen LogP contribution in [-0.4, -0.2) is 18.6 Å². The summed E-state index contributed by atoms with van der Waals surface area (Å²) in [7, 11) is 2.11. The number of rotatable bonds is 6. The van der Waals surface area contributed by atoms with Crippen LogP contribution in [0.15, 0.2) is 24.3 Å². The minimum absolute atomic E-state index is 0.897. The molecule has 0 aliphatic heterocycles. The van der Waals surface area contributed by atoms with Gasteiger partial charge in [-0.05, 0) is 26.0 Å². The Morgan fingerprint density at radius 3 is 2.55 bits per heavy atom. The molecule has 0 bridgehead atoms. The summed E-state index contributed by atoms with van der Waals surface area (Å²) in [6.45, 7) is 9.13. The molecule has 20 heavy (non-hydrogen) atoms. The zero-order valence-electron chi connectivity index (χ0n) is 12.7. The number of thiazole rings is 1. The van der Waals surface area contributed by atoms with E-state index in [9.17, 15) is 0 Å². The van der Waals surface area contributed by atoms with Crippen LogP contribution < -0.4 is 10.2 Å². The number of aryl methyl sites for hydroxylation is 2. The van der Waals surface area contributed by atoms with Gasteiger partial charge in [0.15, 0.2) is 5.13 Å². The second-order valence-corrected chi connectivity index (χ2v) is 6.19. The van der Waals surface area contributed by atoms with Crippen LogP contribution >= 0.6 is 11.3 Å². The Hall–Kier alpha value is -1.39. The first-order valence-electron chi connectivity index (χ1n) is 7.04. The van der Waals surface area contributed by atoms with Crippen molar-refractivity contribution in [2.45, 2.75) is 33.9 Å². The summed E-state index contributed by atoms with van der Waals surface area (Å²) in [5.41, 5.74) is 3.76. The van der Waals surface area contributed by atoms with E-state index in [4.69, 9.17) is 0 Å². The summed E-state index contributed by atoms with van der Waals surface area (Å²) in [5, 5.41) is 4.46. The molecule has 108 valence electrons. The largest absolute Gasteiger partial charge is 0.347 e. The third-order valence-electron chi connectivity index (χ3n) is 3.28. The van der Waals surface area contributed by atoms with Crippen LogP contribution in [-0.2, 0) is 13.1 Å². The van der Waals surface area contributed by atoms with Gasteiger partial charge in [-0.2, -0.15) is 0 Å². The zero-order valence-corrected chi connectivity index (χ0v) is 13.5. The Labute approximate surface area is 125 Å². The fourth-order valence-corrected chi connectivity index (χ4v) is 3.00. The van der Waals surface area contributed by atoms with Gasteiger partial charge in [-0.3, -0.25) is 0 Å². The van der Waals surface area contributed by atoms with Gasteiger partial charge >= 0.3 is 0 Å². The van der Waals surface area contributed by atoms with Gasteiger partial charge in [0, 0.05) is 25.0 Å². The fourth-order valence-electron chi connectivity index (χ4n) is 2.01. The van der Waals surface area contributed by atoms with Crippen molar-refractivity contribution < 1.29 is 0 Å². The van der Waals surface area contributed by atoms with Crippen molar-refractivity contribution in [3.8, 4) is 0 Å². The maximum atomic E-state index is 4.68. The third kappa shape index (κ3) is 3.81. The van der Waals surface area contributed by atoms with Gasteiger partial charge in [0.1, 0.15) is 0 Å². The normalized spacial score (nSPS) is 10.8. The highest BCUT2D eigenvalue weighted by Gasteiger charge is 2.11. The van der Waals surface area contributed by atoms with E-state index >= 15 is 0 Å². The fraction of sp³-hybridized carbons (Fsp3) is 0.438. The Bertz CT molecular complexity index is 545. The van der Waals surface area contributed by atoms with Gasteiger partial charge in [0.05, 0.1) is 5.69 Å². The third-order valence-corrected chi connectivity index (χ3v) is 4.56. The SMILES string of the molecule is CCNCc1sc(N(C)Cc2ccc(C)cc2)nc1C. The number of hydrogen-bond acceptors (Lipinski definition) is 4. The molecule has 0 atom stereocenters. The van der Waals surface area contributed by atoms with Crippen molar-refractivity contribution >= 4 is 16.5 Å². The smallest absolute Gasteiger partial charge is 0.185 e. The number of nitrogens with zero attached hydrogens (tertiary/aromatic N) is 2. The molecular formula is C16H23N3S. The molecule has 2 rings (SSSR count). The van der Waals surface area contributed by atoms with Crippen molar-refractivity contribution in [2.75, 3.05) is 18.5 Å². The predicted octanol–water partition coefficient (Wildman–Crippen LogP) is 3.51. The monoisotopic (exact) mass is 289 g/mol. The lowest BCUT2D eigenvalue weighted by Crippen LogP contribution is -2.16. The Kier molecular flexibility index (Phi) is 5.15. The Morgan fingerprint density at radius 1 is 1.20 bits per heavy atom. The first-order valence-corrected chi connectivity index (χ1v) is 7.85. The lowest BCUT2D eigenvalue weighted by molar-refractivity contribution is 0.731. The van der Waals surface area contributed by atoms with E-state index in [0.29, 0.717) is 0 Å². The molecule has 0 aliphatic rings. The maximum Gasteiger partial charge on any atom is 0.185 e.